The molecule has 0 amide bonds. The Labute approximate surface area is 140 Å². The van der Waals surface area contributed by atoms with Crippen LogP contribution in [0.4, 0.5) is 5.69 Å². The molecule has 0 atom stereocenters. The Hall–Kier alpha value is -1.20. The molecule has 1 aliphatic heterocycles. The SMILES string of the molecule is CC(C)(C)C1=[N+](CCCCS(=O)(=O)[O-])c2ccccc2C1(C)C. The third kappa shape index (κ3) is 3.83. The molecule has 0 saturated heterocycles. The number of hydrogen-bond donors (Lipinski definition) is 0. The molecule has 0 spiro atoms. The normalized spacial score (nSPS) is 17.5. The molecule has 0 unspecified atom stereocenters. The number of hydrogen-bond acceptors (Lipinski definition) is 3. The highest BCUT2D eigenvalue weighted by Crippen LogP contribution is 2.44. The van der Waals surface area contributed by atoms with E-state index in [1.54, 1.807) is 0 Å². The Morgan fingerprint density at radius 1 is 1.13 bits per heavy atom. The molecule has 4 nitrogen and oxygen atoms in total. The highest BCUT2D eigenvalue weighted by molar-refractivity contribution is 7.85. The number of rotatable bonds is 5. The summed E-state index contributed by atoms with van der Waals surface area (Å²) in [6.07, 6.45) is 1.09. The molecule has 128 valence electrons. The van der Waals surface area contributed by atoms with Crippen LogP contribution < -0.4 is 0 Å². The van der Waals surface area contributed by atoms with Crippen LogP contribution in [0.5, 0.6) is 0 Å². The van der Waals surface area contributed by atoms with Gasteiger partial charge in [-0.25, -0.2) is 8.42 Å². The Morgan fingerprint density at radius 2 is 1.74 bits per heavy atom. The van der Waals surface area contributed by atoms with E-state index in [4.69, 9.17) is 0 Å². The summed E-state index contributed by atoms with van der Waals surface area (Å²) >= 11 is 0. The fourth-order valence-corrected chi connectivity index (χ4v) is 4.50. The van der Waals surface area contributed by atoms with E-state index in [-0.39, 0.29) is 16.6 Å². The van der Waals surface area contributed by atoms with Crippen molar-refractivity contribution in [3.63, 3.8) is 0 Å². The number of unbranched alkanes of at least 4 members (excludes halogenated alkanes) is 1. The average molecular weight is 337 g/mol. The van der Waals surface area contributed by atoms with Gasteiger partial charge in [0.15, 0.2) is 5.71 Å². The smallest absolute Gasteiger partial charge is 0.209 e. The zero-order valence-electron chi connectivity index (χ0n) is 14.7. The van der Waals surface area contributed by atoms with Gasteiger partial charge in [0.05, 0.1) is 15.5 Å². The summed E-state index contributed by atoms with van der Waals surface area (Å²) in [7, 11) is -4.12. The molecule has 0 saturated carbocycles. The van der Waals surface area contributed by atoms with Gasteiger partial charge >= 0.3 is 0 Å². The lowest BCUT2D eigenvalue weighted by atomic mass is 9.71. The Kier molecular flexibility index (Phi) is 4.75. The largest absolute Gasteiger partial charge is 0.748 e. The van der Waals surface area contributed by atoms with Crippen molar-refractivity contribution in [1.82, 2.24) is 0 Å². The van der Waals surface area contributed by atoms with E-state index in [9.17, 15) is 13.0 Å². The summed E-state index contributed by atoms with van der Waals surface area (Å²) in [5, 5.41) is 0. The second kappa shape index (κ2) is 6.02. The summed E-state index contributed by atoms with van der Waals surface area (Å²) in [4.78, 5) is 0. The molecule has 5 heteroatoms. The van der Waals surface area contributed by atoms with E-state index in [1.165, 1.54) is 17.0 Å². The van der Waals surface area contributed by atoms with Gasteiger partial charge < -0.3 is 4.55 Å². The van der Waals surface area contributed by atoms with Crippen LogP contribution in [0.1, 0.15) is 53.0 Å². The van der Waals surface area contributed by atoms with Crippen molar-refractivity contribution in [2.75, 3.05) is 12.3 Å². The van der Waals surface area contributed by atoms with Gasteiger partial charge in [-0.2, -0.15) is 4.58 Å². The molecule has 0 fully saturated rings. The van der Waals surface area contributed by atoms with Crippen LogP contribution in [0.3, 0.4) is 0 Å². The van der Waals surface area contributed by atoms with Crippen molar-refractivity contribution in [3.05, 3.63) is 29.8 Å². The van der Waals surface area contributed by atoms with Crippen LogP contribution >= 0.6 is 0 Å². The van der Waals surface area contributed by atoms with Gasteiger partial charge in [0.2, 0.25) is 5.69 Å². The van der Waals surface area contributed by atoms with Gasteiger partial charge in [0.1, 0.15) is 6.54 Å². The first-order chi connectivity index (χ1) is 10.4. The summed E-state index contributed by atoms with van der Waals surface area (Å²) in [5.74, 6) is -0.281. The number of benzene rings is 1. The van der Waals surface area contributed by atoms with Crippen molar-refractivity contribution in [2.45, 2.75) is 52.9 Å². The van der Waals surface area contributed by atoms with Crippen molar-refractivity contribution >= 4 is 21.5 Å². The first-order valence-electron chi connectivity index (χ1n) is 8.13. The highest BCUT2D eigenvalue weighted by atomic mass is 32.2. The van der Waals surface area contributed by atoms with Crippen molar-refractivity contribution < 1.29 is 17.5 Å². The van der Waals surface area contributed by atoms with Crippen molar-refractivity contribution in [1.29, 1.82) is 0 Å². The predicted octanol–water partition coefficient (Wildman–Crippen LogP) is 3.43. The minimum absolute atomic E-state index is 0.00707. The molecule has 0 N–H and O–H groups in total. The first-order valence-corrected chi connectivity index (χ1v) is 9.71. The zero-order chi connectivity index (χ0) is 17.5. The molecular formula is C18H27NO3S. The average Bonchev–Trinajstić information content (AvgIpc) is 2.62. The molecule has 0 aromatic heterocycles. The van der Waals surface area contributed by atoms with Crippen LogP contribution in [0, 0.1) is 5.41 Å². The maximum Gasteiger partial charge on any atom is 0.209 e. The van der Waals surface area contributed by atoms with Gasteiger partial charge in [0, 0.05) is 29.2 Å². The van der Waals surface area contributed by atoms with E-state index < -0.39 is 10.1 Å². The van der Waals surface area contributed by atoms with E-state index in [1.807, 2.05) is 6.07 Å². The van der Waals surface area contributed by atoms with E-state index in [0.717, 1.165) is 6.54 Å². The van der Waals surface area contributed by atoms with Crippen LogP contribution in [0.25, 0.3) is 0 Å². The Morgan fingerprint density at radius 3 is 2.30 bits per heavy atom. The Balaban J connectivity index is 2.35. The molecule has 0 radical (unpaired) electrons. The van der Waals surface area contributed by atoms with Crippen LogP contribution in [-0.2, 0) is 15.5 Å². The molecule has 2 rings (SSSR count). The fourth-order valence-electron chi connectivity index (χ4n) is 3.95. The minimum Gasteiger partial charge on any atom is -0.748 e. The fraction of sp³-hybridized carbons (Fsp3) is 0.611. The summed E-state index contributed by atoms with van der Waals surface area (Å²) in [6, 6.07) is 8.40. The Bertz CT molecular complexity index is 725. The molecule has 1 aromatic carbocycles. The predicted molar refractivity (Wildman–Crippen MR) is 92.5 cm³/mol. The van der Waals surface area contributed by atoms with Gasteiger partial charge in [-0.1, -0.05) is 39.0 Å². The summed E-state index contributed by atoms with van der Waals surface area (Å²) in [6.45, 7) is 11.9. The second-order valence-electron chi connectivity index (χ2n) is 7.86. The molecule has 1 aromatic rings. The van der Waals surface area contributed by atoms with Gasteiger partial charge in [-0.15, -0.1) is 0 Å². The topological polar surface area (TPSA) is 60.2 Å². The van der Waals surface area contributed by atoms with Crippen LogP contribution in [-0.4, -0.2) is 35.6 Å². The maximum absolute atomic E-state index is 10.8. The van der Waals surface area contributed by atoms with E-state index in [0.29, 0.717) is 12.8 Å². The molecule has 1 aliphatic rings. The third-order valence-electron chi connectivity index (χ3n) is 4.47. The standard InChI is InChI=1S/C18H27NO3S/c1-17(2,3)16-18(4,5)14-10-6-7-11-15(14)19(16)12-8-9-13-23(20,21)22/h6-7,10-11H,8-9,12-13H2,1-5H3. The summed E-state index contributed by atoms with van der Waals surface area (Å²) in [5.41, 5.74) is 3.80. The van der Waals surface area contributed by atoms with Gasteiger partial charge in [0.25, 0.3) is 0 Å². The van der Waals surface area contributed by atoms with Crippen molar-refractivity contribution in [3.8, 4) is 0 Å². The van der Waals surface area contributed by atoms with Gasteiger partial charge in [-0.05, 0) is 20.3 Å². The lowest BCUT2D eigenvalue weighted by Crippen LogP contribution is -2.39. The zero-order valence-corrected chi connectivity index (χ0v) is 15.5. The lowest BCUT2D eigenvalue weighted by molar-refractivity contribution is -0.443. The minimum atomic E-state index is -4.12. The number of nitrogens with zero attached hydrogens (tertiary/aromatic N) is 1. The third-order valence-corrected chi connectivity index (χ3v) is 5.26. The van der Waals surface area contributed by atoms with E-state index in [2.05, 4.69) is 57.4 Å². The van der Waals surface area contributed by atoms with Crippen LogP contribution in [0.15, 0.2) is 24.3 Å². The first kappa shape index (κ1) is 18.1. The quantitative estimate of drug-likeness (QED) is 0.470. The molecule has 1 heterocycles. The molecule has 0 aliphatic carbocycles. The van der Waals surface area contributed by atoms with E-state index >= 15 is 0 Å². The monoisotopic (exact) mass is 337 g/mol. The maximum atomic E-state index is 10.8. The van der Waals surface area contributed by atoms with Crippen molar-refractivity contribution in [2.24, 2.45) is 5.41 Å². The molecule has 23 heavy (non-hydrogen) atoms. The lowest BCUT2D eigenvalue weighted by Gasteiger charge is -2.27. The van der Waals surface area contributed by atoms with Gasteiger partial charge in [-0.3, -0.25) is 0 Å². The molecule has 0 bridgehead atoms. The second-order valence-corrected chi connectivity index (χ2v) is 9.38. The number of para-hydroxylation sites is 1. The summed E-state index contributed by atoms with van der Waals surface area (Å²) < 4.78 is 34.7. The number of fused-ring (bicyclic) bond motifs is 1. The highest BCUT2D eigenvalue weighted by Gasteiger charge is 2.50. The van der Waals surface area contributed by atoms with Crippen LogP contribution in [0.2, 0.25) is 0 Å². The molecular weight excluding hydrogens is 310 g/mol.